The molecule has 8 heteroatoms. The molecule has 6 rings (SSSR count). The molecule has 0 unspecified atom stereocenters. The van der Waals surface area contributed by atoms with Crippen molar-refractivity contribution in [2.24, 2.45) is 0 Å². The van der Waals surface area contributed by atoms with E-state index < -0.39 is 23.9 Å². The van der Waals surface area contributed by atoms with Crippen LogP contribution in [0.3, 0.4) is 0 Å². The van der Waals surface area contributed by atoms with E-state index in [0.29, 0.717) is 16.2 Å². The van der Waals surface area contributed by atoms with Crippen molar-refractivity contribution in [1.29, 1.82) is 0 Å². The van der Waals surface area contributed by atoms with Crippen LogP contribution in [0.25, 0.3) is 43.1 Å². The highest BCUT2D eigenvalue weighted by Crippen LogP contribution is 2.30. The number of carbonyl (C=O) groups is 4. The first-order chi connectivity index (χ1) is 19.2. The van der Waals surface area contributed by atoms with E-state index in [1.165, 1.54) is 12.1 Å². The quantitative estimate of drug-likeness (QED) is 0.143. The van der Waals surface area contributed by atoms with Crippen LogP contribution in [0.15, 0.2) is 97.1 Å². The highest BCUT2D eigenvalue weighted by atomic mass is 16.4. The molecule has 6 aromatic carbocycles. The number of rotatable bonds is 4. The molecule has 196 valence electrons. The van der Waals surface area contributed by atoms with Gasteiger partial charge in [-0.1, -0.05) is 72.8 Å². The molecule has 0 spiro atoms. The fraction of sp³-hybridized carbons (Fsp3) is 0. The summed E-state index contributed by atoms with van der Waals surface area (Å²) in [5.74, 6) is -4.94. The second-order valence-electron chi connectivity index (χ2n) is 9.00. The Balaban J connectivity index is 0.000000161. The van der Waals surface area contributed by atoms with Gasteiger partial charge in [0.1, 0.15) is 0 Å². The minimum Gasteiger partial charge on any atom is -0.478 e. The third-order valence-electron chi connectivity index (χ3n) is 6.70. The molecule has 4 N–H and O–H groups in total. The molecule has 0 aliphatic heterocycles. The van der Waals surface area contributed by atoms with E-state index in [1.54, 1.807) is 30.3 Å². The molecule has 0 saturated heterocycles. The lowest BCUT2D eigenvalue weighted by atomic mass is 9.95. The van der Waals surface area contributed by atoms with Gasteiger partial charge in [-0.15, -0.1) is 0 Å². The van der Waals surface area contributed by atoms with Gasteiger partial charge in [0.2, 0.25) is 0 Å². The summed E-state index contributed by atoms with van der Waals surface area (Å²) in [6, 6.07) is 28.2. The minimum absolute atomic E-state index is 0.166. The summed E-state index contributed by atoms with van der Waals surface area (Å²) >= 11 is 0. The number of hydrogen-bond donors (Lipinski definition) is 4. The number of hydrogen-bond acceptors (Lipinski definition) is 4. The largest absolute Gasteiger partial charge is 0.478 e. The lowest BCUT2D eigenvalue weighted by molar-refractivity contribution is 0.0653. The monoisotopic (exact) mass is 532 g/mol. The van der Waals surface area contributed by atoms with Gasteiger partial charge in [0.05, 0.1) is 22.3 Å². The van der Waals surface area contributed by atoms with Gasteiger partial charge in [0, 0.05) is 0 Å². The number of carboxylic acids is 4. The van der Waals surface area contributed by atoms with Gasteiger partial charge < -0.3 is 20.4 Å². The lowest BCUT2D eigenvalue weighted by Crippen LogP contribution is -2.08. The van der Waals surface area contributed by atoms with Crippen molar-refractivity contribution in [2.45, 2.75) is 0 Å². The third kappa shape index (κ3) is 4.54. The predicted octanol–water partition coefficient (Wildman–Crippen LogP) is 6.78. The maximum absolute atomic E-state index is 11.4. The maximum atomic E-state index is 11.4. The summed E-state index contributed by atoms with van der Waals surface area (Å²) < 4.78 is 0. The van der Waals surface area contributed by atoms with Crippen molar-refractivity contribution in [3.63, 3.8) is 0 Å². The molecule has 0 bridgehead atoms. The molecule has 6 aromatic rings. The number of aromatic carboxylic acids is 4. The standard InChI is InChI=1S/2C16H10O4/c17-15(18)12-6-5-11-7-9-3-1-2-4-10(9)8-13(11)14(12)16(19)20;17-15(18)13-8-7-11-10-4-2-1-3-9(10)5-6-12(11)14(13)16(19)20/h2*1-8H,(H,17,18)(H,19,20). The first kappa shape index (κ1) is 25.9. The highest BCUT2D eigenvalue weighted by Gasteiger charge is 2.20. The van der Waals surface area contributed by atoms with E-state index in [4.69, 9.17) is 10.2 Å². The molecule has 0 aliphatic carbocycles. The predicted molar refractivity (Wildman–Crippen MR) is 151 cm³/mol. The molecule has 0 atom stereocenters. The van der Waals surface area contributed by atoms with Gasteiger partial charge in [-0.3, -0.25) is 0 Å². The van der Waals surface area contributed by atoms with Crippen molar-refractivity contribution >= 4 is 67.0 Å². The summed E-state index contributed by atoms with van der Waals surface area (Å²) in [6.45, 7) is 0. The summed E-state index contributed by atoms with van der Waals surface area (Å²) in [4.78, 5) is 45.2. The molecule has 0 aromatic heterocycles. The molecule has 40 heavy (non-hydrogen) atoms. The number of benzene rings is 6. The van der Waals surface area contributed by atoms with E-state index in [9.17, 15) is 29.4 Å². The van der Waals surface area contributed by atoms with Crippen LogP contribution < -0.4 is 0 Å². The van der Waals surface area contributed by atoms with E-state index >= 15 is 0 Å². The van der Waals surface area contributed by atoms with E-state index in [-0.39, 0.29) is 22.3 Å². The third-order valence-corrected chi connectivity index (χ3v) is 6.70. The van der Waals surface area contributed by atoms with Crippen LogP contribution in [-0.4, -0.2) is 44.3 Å². The topological polar surface area (TPSA) is 149 Å². The second-order valence-corrected chi connectivity index (χ2v) is 9.00. The zero-order valence-corrected chi connectivity index (χ0v) is 20.7. The van der Waals surface area contributed by atoms with Crippen LogP contribution >= 0.6 is 0 Å². The molecule has 0 amide bonds. The minimum atomic E-state index is -1.24. The van der Waals surface area contributed by atoms with E-state index in [2.05, 4.69) is 0 Å². The average Bonchev–Trinajstić information content (AvgIpc) is 2.94. The first-order valence-electron chi connectivity index (χ1n) is 12.0. The van der Waals surface area contributed by atoms with Gasteiger partial charge in [0.25, 0.3) is 0 Å². The normalized spacial score (nSPS) is 10.8. The van der Waals surface area contributed by atoms with E-state index in [0.717, 1.165) is 26.9 Å². The van der Waals surface area contributed by atoms with Crippen molar-refractivity contribution in [3.05, 3.63) is 119 Å². The van der Waals surface area contributed by atoms with Crippen molar-refractivity contribution in [3.8, 4) is 0 Å². The van der Waals surface area contributed by atoms with Crippen LogP contribution in [0, 0.1) is 0 Å². The van der Waals surface area contributed by atoms with Crippen LogP contribution in [-0.2, 0) is 0 Å². The van der Waals surface area contributed by atoms with Crippen molar-refractivity contribution < 1.29 is 39.6 Å². The Morgan fingerprint density at radius 2 is 0.850 bits per heavy atom. The Morgan fingerprint density at radius 3 is 1.45 bits per heavy atom. The molecule has 0 radical (unpaired) electrons. The Morgan fingerprint density at radius 1 is 0.375 bits per heavy atom. The van der Waals surface area contributed by atoms with E-state index in [1.807, 2.05) is 54.6 Å². The summed E-state index contributed by atoms with van der Waals surface area (Å²) in [6.07, 6.45) is 0. The van der Waals surface area contributed by atoms with Crippen molar-refractivity contribution in [2.75, 3.05) is 0 Å². The summed E-state index contributed by atoms with van der Waals surface area (Å²) in [5.41, 5.74) is -0.720. The number of carboxylic acid groups (broad SMARTS) is 4. The Kier molecular flexibility index (Phi) is 6.59. The maximum Gasteiger partial charge on any atom is 0.337 e. The molecule has 0 heterocycles. The van der Waals surface area contributed by atoms with Crippen LogP contribution in [0.5, 0.6) is 0 Å². The van der Waals surface area contributed by atoms with Crippen LogP contribution in [0.4, 0.5) is 0 Å². The SMILES string of the molecule is O=C(O)c1ccc2c(ccc3ccccc32)c1C(=O)O.O=C(O)c1ccc2cc3ccccc3cc2c1C(=O)O. The Hall–Kier alpha value is -5.76. The number of fused-ring (bicyclic) bond motifs is 5. The highest BCUT2D eigenvalue weighted by molar-refractivity contribution is 6.18. The Bertz CT molecular complexity index is 1980. The van der Waals surface area contributed by atoms with Gasteiger partial charge in [0.15, 0.2) is 0 Å². The smallest absolute Gasteiger partial charge is 0.337 e. The molecule has 0 aliphatic rings. The molecule has 0 fully saturated rings. The molecular formula is C32H20O8. The zero-order chi connectivity index (χ0) is 28.6. The molecule has 0 saturated carbocycles. The zero-order valence-electron chi connectivity index (χ0n) is 20.7. The first-order valence-corrected chi connectivity index (χ1v) is 12.0. The average molecular weight is 533 g/mol. The van der Waals surface area contributed by atoms with Crippen molar-refractivity contribution in [1.82, 2.24) is 0 Å². The molecule has 8 nitrogen and oxygen atoms in total. The summed E-state index contributed by atoms with van der Waals surface area (Å²) in [5, 5.41) is 43.0. The van der Waals surface area contributed by atoms with Crippen LogP contribution in [0.1, 0.15) is 41.4 Å². The fourth-order valence-electron chi connectivity index (χ4n) is 4.92. The van der Waals surface area contributed by atoms with Gasteiger partial charge in [-0.2, -0.15) is 0 Å². The Labute approximate surface area is 226 Å². The molecular weight excluding hydrogens is 512 g/mol. The fourth-order valence-corrected chi connectivity index (χ4v) is 4.92. The van der Waals surface area contributed by atoms with Crippen LogP contribution in [0.2, 0.25) is 0 Å². The van der Waals surface area contributed by atoms with Gasteiger partial charge in [-0.05, 0) is 67.4 Å². The van der Waals surface area contributed by atoms with Gasteiger partial charge in [-0.25, -0.2) is 19.2 Å². The second kappa shape index (κ2) is 10.2. The van der Waals surface area contributed by atoms with Gasteiger partial charge >= 0.3 is 23.9 Å². The lowest BCUT2D eigenvalue weighted by Gasteiger charge is -2.09. The summed E-state index contributed by atoms with van der Waals surface area (Å²) in [7, 11) is 0.